The van der Waals surface area contributed by atoms with Crippen LogP contribution in [0.25, 0.3) is 0 Å². The highest BCUT2D eigenvalue weighted by molar-refractivity contribution is 6.30. The van der Waals surface area contributed by atoms with E-state index in [-0.39, 0.29) is 12.0 Å². The molecule has 2 rings (SSSR count). The van der Waals surface area contributed by atoms with E-state index in [2.05, 4.69) is 11.0 Å². The van der Waals surface area contributed by atoms with Crippen LogP contribution < -0.4 is 4.90 Å². The Labute approximate surface area is 123 Å². The van der Waals surface area contributed by atoms with E-state index >= 15 is 0 Å². The molecule has 0 amide bonds. The van der Waals surface area contributed by atoms with Gasteiger partial charge in [0, 0.05) is 17.6 Å². The third-order valence-corrected chi connectivity index (χ3v) is 3.88. The number of carbonyl (C=O) groups excluding carboxylic acids is 1. The average Bonchev–Trinajstić information content (AvgIpc) is 2.47. The fourth-order valence-corrected chi connectivity index (χ4v) is 2.83. The molecular formula is C15H17ClN2O2. The van der Waals surface area contributed by atoms with E-state index in [4.69, 9.17) is 16.3 Å². The minimum atomic E-state index is -0.214. The number of nitriles is 1. The lowest BCUT2D eigenvalue weighted by molar-refractivity contribution is -0.141. The number of carbonyl (C=O) groups is 1. The van der Waals surface area contributed by atoms with Crippen LogP contribution in [0.15, 0.2) is 18.2 Å². The quantitative estimate of drug-likeness (QED) is 0.803. The molecule has 0 aromatic heterocycles. The summed E-state index contributed by atoms with van der Waals surface area (Å²) in [5, 5.41) is 9.81. The number of anilines is 1. The normalized spacial score (nSPS) is 18.4. The second-order valence-corrected chi connectivity index (χ2v) is 5.33. The number of hydrogen-bond donors (Lipinski definition) is 0. The number of ether oxygens (including phenoxy) is 1. The largest absolute Gasteiger partial charge is 0.469 e. The molecule has 0 aliphatic carbocycles. The van der Waals surface area contributed by atoms with Crippen LogP contribution in [0.2, 0.25) is 5.02 Å². The van der Waals surface area contributed by atoms with Crippen LogP contribution in [-0.2, 0) is 9.53 Å². The van der Waals surface area contributed by atoms with Gasteiger partial charge in [-0.2, -0.15) is 5.26 Å². The summed E-state index contributed by atoms with van der Waals surface area (Å²) in [5.74, 6) is -0.214. The molecule has 1 aliphatic heterocycles. The molecule has 0 N–H and O–H groups in total. The Balaban J connectivity index is 2.28. The summed E-state index contributed by atoms with van der Waals surface area (Å²) < 4.78 is 4.76. The van der Waals surface area contributed by atoms with Gasteiger partial charge in [-0.05, 0) is 37.5 Å². The van der Waals surface area contributed by atoms with Crippen LogP contribution >= 0.6 is 11.6 Å². The summed E-state index contributed by atoms with van der Waals surface area (Å²) in [6.45, 7) is 0.845. The molecule has 1 fully saturated rings. The van der Waals surface area contributed by atoms with E-state index in [1.807, 2.05) is 6.07 Å². The Hall–Kier alpha value is -1.73. The summed E-state index contributed by atoms with van der Waals surface area (Å²) in [6, 6.07) is 7.57. The molecule has 0 spiro atoms. The van der Waals surface area contributed by atoms with Gasteiger partial charge < -0.3 is 9.64 Å². The molecule has 0 radical (unpaired) electrons. The Morgan fingerprint density at radius 3 is 3.05 bits per heavy atom. The highest BCUT2D eigenvalue weighted by Gasteiger charge is 2.26. The zero-order valence-corrected chi connectivity index (χ0v) is 12.2. The number of benzene rings is 1. The van der Waals surface area contributed by atoms with E-state index in [0.717, 1.165) is 31.5 Å². The molecule has 1 aromatic rings. The summed E-state index contributed by atoms with van der Waals surface area (Å²) >= 11 is 5.93. The molecule has 1 unspecified atom stereocenters. The fraction of sp³-hybridized carbons (Fsp3) is 0.467. The van der Waals surface area contributed by atoms with Crippen molar-refractivity contribution < 1.29 is 9.53 Å². The van der Waals surface area contributed by atoms with E-state index in [9.17, 15) is 10.1 Å². The fourth-order valence-electron chi connectivity index (χ4n) is 2.65. The van der Waals surface area contributed by atoms with Crippen LogP contribution in [0.5, 0.6) is 0 Å². The Morgan fingerprint density at radius 1 is 1.55 bits per heavy atom. The predicted octanol–water partition coefficient (Wildman–Crippen LogP) is 3.13. The van der Waals surface area contributed by atoms with Crippen molar-refractivity contribution in [2.75, 3.05) is 18.6 Å². The molecule has 5 heteroatoms. The van der Waals surface area contributed by atoms with Crippen LogP contribution in [0.1, 0.15) is 31.2 Å². The molecule has 4 nitrogen and oxygen atoms in total. The lowest BCUT2D eigenvalue weighted by Gasteiger charge is -2.37. The van der Waals surface area contributed by atoms with Crippen molar-refractivity contribution in [2.24, 2.45) is 0 Å². The second kappa shape index (κ2) is 6.62. The van der Waals surface area contributed by atoms with E-state index in [1.54, 1.807) is 12.1 Å². The number of nitrogens with zero attached hydrogens (tertiary/aromatic N) is 2. The zero-order valence-electron chi connectivity index (χ0n) is 11.4. The standard InChI is InChI=1S/C15H17ClN2O2/c1-20-15(19)9-13-4-2-3-7-18(13)14-6-5-12(16)8-11(14)10-17/h5-6,8,13H,2-4,7,9H2,1H3. The molecule has 1 saturated heterocycles. The molecule has 0 saturated carbocycles. The number of esters is 1. The number of methoxy groups -OCH3 is 1. The maximum atomic E-state index is 11.5. The van der Waals surface area contributed by atoms with Crippen LogP contribution in [-0.4, -0.2) is 25.7 Å². The van der Waals surface area contributed by atoms with Crippen molar-refractivity contribution in [3.8, 4) is 6.07 Å². The molecule has 1 aliphatic rings. The predicted molar refractivity (Wildman–Crippen MR) is 77.8 cm³/mol. The number of hydrogen-bond acceptors (Lipinski definition) is 4. The topological polar surface area (TPSA) is 53.3 Å². The smallest absolute Gasteiger partial charge is 0.307 e. The maximum Gasteiger partial charge on any atom is 0.307 e. The van der Waals surface area contributed by atoms with E-state index in [0.29, 0.717) is 17.0 Å². The van der Waals surface area contributed by atoms with Crippen molar-refractivity contribution in [3.05, 3.63) is 28.8 Å². The van der Waals surface area contributed by atoms with Gasteiger partial charge in [-0.3, -0.25) is 4.79 Å². The Morgan fingerprint density at radius 2 is 2.35 bits per heavy atom. The number of piperidine rings is 1. The van der Waals surface area contributed by atoms with Crippen molar-refractivity contribution in [1.82, 2.24) is 0 Å². The average molecular weight is 293 g/mol. The zero-order chi connectivity index (χ0) is 14.5. The number of rotatable bonds is 3. The molecule has 20 heavy (non-hydrogen) atoms. The van der Waals surface area contributed by atoms with Gasteiger partial charge in [0.15, 0.2) is 0 Å². The van der Waals surface area contributed by atoms with Crippen LogP contribution in [0.4, 0.5) is 5.69 Å². The van der Waals surface area contributed by atoms with Crippen LogP contribution in [0.3, 0.4) is 0 Å². The summed E-state index contributed by atoms with van der Waals surface area (Å²) in [5.41, 5.74) is 1.40. The van der Waals surface area contributed by atoms with Gasteiger partial charge in [0.1, 0.15) is 6.07 Å². The molecule has 106 valence electrons. The third kappa shape index (κ3) is 3.23. The first-order valence-electron chi connectivity index (χ1n) is 6.69. The Bertz CT molecular complexity index is 539. The van der Waals surface area contributed by atoms with Crippen LogP contribution in [0, 0.1) is 11.3 Å². The minimum absolute atomic E-state index is 0.0875. The lowest BCUT2D eigenvalue weighted by atomic mass is 9.97. The third-order valence-electron chi connectivity index (χ3n) is 3.65. The highest BCUT2D eigenvalue weighted by atomic mass is 35.5. The van der Waals surface area contributed by atoms with Gasteiger partial charge in [0.05, 0.1) is 24.8 Å². The van der Waals surface area contributed by atoms with Crippen molar-refractivity contribution in [2.45, 2.75) is 31.7 Å². The SMILES string of the molecule is COC(=O)CC1CCCCN1c1ccc(Cl)cc1C#N. The Kier molecular flexibility index (Phi) is 4.86. The summed E-state index contributed by atoms with van der Waals surface area (Å²) in [6.07, 6.45) is 3.44. The first-order chi connectivity index (χ1) is 9.65. The van der Waals surface area contributed by atoms with Gasteiger partial charge in [0.25, 0.3) is 0 Å². The van der Waals surface area contributed by atoms with Crippen molar-refractivity contribution >= 4 is 23.3 Å². The highest BCUT2D eigenvalue weighted by Crippen LogP contribution is 2.30. The molecular weight excluding hydrogens is 276 g/mol. The summed E-state index contributed by atoms with van der Waals surface area (Å²) in [4.78, 5) is 13.7. The molecule has 1 atom stereocenters. The minimum Gasteiger partial charge on any atom is -0.469 e. The molecule has 1 heterocycles. The van der Waals surface area contributed by atoms with E-state index < -0.39 is 0 Å². The molecule has 0 bridgehead atoms. The lowest BCUT2D eigenvalue weighted by Crippen LogP contribution is -2.41. The van der Waals surface area contributed by atoms with Gasteiger partial charge >= 0.3 is 5.97 Å². The maximum absolute atomic E-state index is 11.5. The van der Waals surface area contributed by atoms with Gasteiger partial charge in [-0.15, -0.1) is 0 Å². The number of halogens is 1. The second-order valence-electron chi connectivity index (χ2n) is 4.90. The van der Waals surface area contributed by atoms with Gasteiger partial charge in [-0.25, -0.2) is 0 Å². The van der Waals surface area contributed by atoms with Gasteiger partial charge in [0.2, 0.25) is 0 Å². The first-order valence-corrected chi connectivity index (χ1v) is 7.06. The van der Waals surface area contributed by atoms with E-state index in [1.165, 1.54) is 7.11 Å². The van der Waals surface area contributed by atoms with Crippen molar-refractivity contribution in [3.63, 3.8) is 0 Å². The van der Waals surface area contributed by atoms with Gasteiger partial charge in [-0.1, -0.05) is 11.6 Å². The summed E-state index contributed by atoms with van der Waals surface area (Å²) in [7, 11) is 1.40. The van der Waals surface area contributed by atoms with Crippen molar-refractivity contribution in [1.29, 1.82) is 5.26 Å². The molecule has 1 aromatic carbocycles. The monoisotopic (exact) mass is 292 g/mol. The first kappa shape index (κ1) is 14.7.